The van der Waals surface area contributed by atoms with E-state index in [2.05, 4.69) is 25.4 Å². The number of anilines is 1. The maximum Gasteiger partial charge on any atom is 0.319 e. The topological polar surface area (TPSA) is 60.5 Å². The van der Waals surface area contributed by atoms with Crippen molar-refractivity contribution in [3.05, 3.63) is 82.3 Å². The zero-order valence-electron chi connectivity index (χ0n) is 21.5. The predicted octanol–water partition coefficient (Wildman–Crippen LogP) is 5.39. The molecular formula is C29H35F2N5OS. The highest BCUT2D eigenvalue weighted by molar-refractivity contribution is 7.09. The fourth-order valence-corrected chi connectivity index (χ4v) is 6.44. The van der Waals surface area contributed by atoms with Gasteiger partial charge >= 0.3 is 6.03 Å². The number of carbonyl (C=O) groups excluding carboxylic acids is 1. The van der Waals surface area contributed by atoms with Gasteiger partial charge in [-0.25, -0.2) is 18.6 Å². The summed E-state index contributed by atoms with van der Waals surface area (Å²) in [6, 6.07) is 12.5. The average molecular weight is 540 g/mol. The van der Waals surface area contributed by atoms with E-state index < -0.39 is 0 Å². The van der Waals surface area contributed by atoms with Crippen molar-refractivity contribution in [3.63, 3.8) is 0 Å². The van der Waals surface area contributed by atoms with E-state index >= 15 is 0 Å². The van der Waals surface area contributed by atoms with Crippen LogP contribution in [0, 0.1) is 23.5 Å². The number of rotatable bonds is 8. The van der Waals surface area contributed by atoms with Gasteiger partial charge < -0.3 is 15.5 Å². The maximum atomic E-state index is 13.3. The molecule has 5 rings (SSSR count). The first-order valence-electron chi connectivity index (χ1n) is 13.4. The number of amides is 2. The first-order valence-corrected chi connectivity index (χ1v) is 14.3. The lowest BCUT2D eigenvalue weighted by Gasteiger charge is -2.42. The Balaban J connectivity index is 1.21. The average Bonchev–Trinajstić information content (AvgIpc) is 3.42. The van der Waals surface area contributed by atoms with Crippen molar-refractivity contribution >= 4 is 23.1 Å². The van der Waals surface area contributed by atoms with Crippen molar-refractivity contribution < 1.29 is 13.6 Å². The smallest absolute Gasteiger partial charge is 0.319 e. The van der Waals surface area contributed by atoms with Gasteiger partial charge in [-0.3, -0.25) is 4.90 Å². The zero-order valence-corrected chi connectivity index (χ0v) is 22.3. The van der Waals surface area contributed by atoms with Gasteiger partial charge in [-0.1, -0.05) is 12.1 Å². The molecule has 1 aromatic heterocycles. The molecule has 6 nitrogen and oxygen atoms in total. The molecule has 2 aliphatic heterocycles. The molecule has 0 radical (unpaired) electrons. The fraction of sp³-hybridized carbons (Fsp3) is 0.448. The third kappa shape index (κ3) is 7.58. The number of halogens is 2. The molecule has 2 aromatic carbocycles. The molecule has 3 atom stereocenters. The van der Waals surface area contributed by atoms with Gasteiger partial charge in [0.25, 0.3) is 0 Å². The van der Waals surface area contributed by atoms with Crippen LogP contribution in [-0.4, -0.2) is 59.6 Å². The van der Waals surface area contributed by atoms with Crippen molar-refractivity contribution in [2.24, 2.45) is 11.8 Å². The van der Waals surface area contributed by atoms with Crippen molar-refractivity contribution in [2.45, 2.75) is 38.3 Å². The lowest BCUT2D eigenvalue weighted by molar-refractivity contribution is 0.0818. The molecule has 38 heavy (non-hydrogen) atoms. The van der Waals surface area contributed by atoms with E-state index in [0.717, 1.165) is 63.5 Å². The van der Waals surface area contributed by atoms with Crippen molar-refractivity contribution in [2.75, 3.05) is 38.0 Å². The first kappa shape index (κ1) is 26.7. The Kier molecular flexibility index (Phi) is 8.98. The number of nitrogens with zero attached hydrogens (tertiary/aromatic N) is 3. The molecule has 0 aliphatic carbocycles. The van der Waals surface area contributed by atoms with E-state index in [1.54, 1.807) is 35.6 Å². The highest BCUT2D eigenvalue weighted by Gasteiger charge is 2.33. The molecule has 2 fully saturated rings. The summed E-state index contributed by atoms with van der Waals surface area (Å²) >= 11 is 1.68. The van der Waals surface area contributed by atoms with Gasteiger partial charge in [0, 0.05) is 55.4 Å². The maximum absolute atomic E-state index is 13.3. The quantitative estimate of drug-likeness (QED) is 0.403. The highest BCUT2D eigenvalue weighted by atomic mass is 32.1. The molecule has 0 spiro atoms. The third-order valence-electron chi connectivity index (χ3n) is 7.61. The van der Waals surface area contributed by atoms with Crippen LogP contribution in [0.5, 0.6) is 0 Å². The van der Waals surface area contributed by atoms with Crippen LogP contribution in [-0.2, 0) is 13.0 Å². The second-order valence-electron chi connectivity index (χ2n) is 10.5. The van der Waals surface area contributed by atoms with Crippen LogP contribution in [0.2, 0.25) is 0 Å². The first-order chi connectivity index (χ1) is 18.5. The van der Waals surface area contributed by atoms with Gasteiger partial charge in [-0.2, -0.15) is 0 Å². The Labute approximate surface area is 227 Å². The molecule has 2 saturated heterocycles. The summed E-state index contributed by atoms with van der Waals surface area (Å²) in [6.07, 6.45) is 5.99. The van der Waals surface area contributed by atoms with Crippen LogP contribution in [0.4, 0.5) is 19.3 Å². The van der Waals surface area contributed by atoms with E-state index in [1.165, 1.54) is 24.1 Å². The monoisotopic (exact) mass is 539 g/mol. The number of hydrogen-bond acceptors (Lipinski definition) is 5. The number of urea groups is 1. The van der Waals surface area contributed by atoms with Gasteiger partial charge in [0.2, 0.25) is 0 Å². The van der Waals surface area contributed by atoms with Gasteiger partial charge in [0.15, 0.2) is 0 Å². The minimum absolute atomic E-state index is 0.0421. The van der Waals surface area contributed by atoms with E-state index in [9.17, 15) is 13.6 Å². The molecule has 202 valence electrons. The molecule has 3 heterocycles. The Morgan fingerprint density at radius 1 is 0.974 bits per heavy atom. The van der Waals surface area contributed by atoms with Crippen molar-refractivity contribution in [1.29, 1.82) is 0 Å². The lowest BCUT2D eigenvalue weighted by Crippen LogP contribution is -2.55. The Bertz CT molecular complexity index is 1160. The highest BCUT2D eigenvalue weighted by Crippen LogP contribution is 2.26. The third-order valence-corrected chi connectivity index (χ3v) is 8.38. The summed E-state index contributed by atoms with van der Waals surface area (Å²) in [5.74, 6) is 0.285. The number of likely N-dealkylation sites (tertiary alicyclic amines) is 2. The molecule has 0 bridgehead atoms. The molecule has 0 saturated carbocycles. The van der Waals surface area contributed by atoms with E-state index in [1.807, 2.05) is 23.7 Å². The standard InChI is InChI=1S/C29H35F2N5OS/c30-24-5-3-21(4-6-24)16-22-2-1-13-35(17-22)18-23-19-36(20-28-32-12-15-38-28)14-11-27(23)34-29(37)33-26-9-7-25(31)8-10-26/h3-10,12,15,22-23,27H,1-2,11,13-14,16-20H2,(H2,33,34,37)/t22-,23+,27+/m0/s1. The number of thiazole rings is 1. The second-order valence-corrected chi connectivity index (χ2v) is 11.5. The second kappa shape index (κ2) is 12.8. The van der Waals surface area contributed by atoms with Crippen LogP contribution in [0.3, 0.4) is 0 Å². The SMILES string of the molecule is O=C(Nc1ccc(F)cc1)N[C@@H]1CCN(Cc2nccs2)C[C@H]1CN1CCC[C@@H](Cc2ccc(F)cc2)C1. The summed E-state index contributed by atoms with van der Waals surface area (Å²) in [7, 11) is 0. The Morgan fingerprint density at radius 2 is 1.74 bits per heavy atom. The summed E-state index contributed by atoms with van der Waals surface area (Å²) < 4.78 is 26.6. The summed E-state index contributed by atoms with van der Waals surface area (Å²) in [5, 5.41) is 9.18. The molecule has 9 heteroatoms. The van der Waals surface area contributed by atoms with E-state index in [-0.39, 0.29) is 29.6 Å². The number of benzene rings is 2. The minimum atomic E-state index is -0.331. The number of hydrogen-bond donors (Lipinski definition) is 2. The Hall–Kier alpha value is -2.88. The van der Waals surface area contributed by atoms with Gasteiger partial charge in [0.05, 0.1) is 6.54 Å². The van der Waals surface area contributed by atoms with Crippen molar-refractivity contribution in [3.8, 4) is 0 Å². The van der Waals surface area contributed by atoms with Crippen LogP contribution in [0.1, 0.15) is 29.8 Å². The molecular weight excluding hydrogens is 504 g/mol. The molecule has 2 amide bonds. The number of carbonyl (C=O) groups is 1. The summed E-state index contributed by atoms with van der Waals surface area (Å²) in [4.78, 5) is 22.3. The normalized spacial score (nSPS) is 22.7. The summed E-state index contributed by atoms with van der Waals surface area (Å²) in [5.41, 5.74) is 1.75. The number of piperidine rings is 2. The van der Waals surface area contributed by atoms with Crippen LogP contribution < -0.4 is 10.6 Å². The molecule has 3 aromatic rings. The number of nitrogens with one attached hydrogen (secondary N) is 2. The van der Waals surface area contributed by atoms with Gasteiger partial charge in [-0.15, -0.1) is 11.3 Å². The Morgan fingerprint density at radius 3 is 2.47 bits per heavy atom. The molecule has 2 aliphatic rings. The van der Waals surface area contributed by atoms with E-state index in [0.29, 0.717) is 11.6 Å². The summed E-state index contributed by atoms with van der Waals surface area (Å²) in [6.45, 7) is 5.59. The van der Waals surface area contributed by atoms with Crippen LogP contribution in [0.25, 0.3) is 0 Å². The van der Waals surface area contributed by atoms with Gasteiger partial charge in [-0.05, 0) is 80.1 Å². The van der Waals surface area contributed by atoms with Crippen molar-refractivity contribution in [1.82, 2.24) is 20.1 Å². The molecule has 0 unspecified atom stereocenters. The molecule has 2 N–H and O–H groups in total. The van der Waals surface area contributed by atoms with E-state index in [4.69, 9.17) is 0 Å². The lowest BCUT2D eigenvalue weighted by atomic mass is 9.88. The fourth-order valence-electron chi connectivity index (χ4n) is 5.79. The van der Waals surface area contributed by atoms with Crippen LogP contribution in [0.15, 0.2) is 60.1 Å². The zero-order chi connectivity index (χ0) is 26.3. The minimum Gasteiger partial charge on any atom is -0.335 e. The van der Waals surface area contributed by atoms with Gasteiger partial charge in [0.1, 0.15) is 16.6 Å². The largest absolute Gasteiger partial charge is 0.335 e. The van der Waals surface area contributed by atoms with Crippen LogP contribution >= 0.6 is 11.3 Å². The number of aromatic nitrogens is 1. The predicted molar refractivity (Wildman–Crippen MR) is 147 cm³/mol.